The van der Waals surface area contributed by atoms with Crippen LogP contribution in [0.2, 0.25) is 0 Å². The molecule has 1 aliphatic heterocycles. The molecule has 2 atom stereocenters. The first kappa shape index (κ1) is 15.0. The van der Waals surface area contributed by atoms with Gasteiger partial charge in [0.15, 0.2) is 0 Å². The summed E-state index contributed by atoms with van der Waals surface area (Å²) >= 11 is 0. The third-order valence-corrected chi connectivity index (χ3v) is 4.41. The molecule has 124 valence electrons. The van der Waals surface area contributed by atoms with Gasteiger partial charge in [-0.2, -0.15) is 13.8 Å². The van der Waals surface area contributed by atoms with E-state index in [1.807, 2.05) is 22.9 Å². The van der Waals surface area contributed by atoms with Crippen LogP contribution in [0.5, 0.6) is 0 Å². The van der Waals surface area contributed by atoms with Crippen LogP contribution in [0.3, 0.4) is 0 Å². The predicted octanol–water partition coefficient (Wildman–Crippen LogP) is 3.67. The normalized spacial score (nSPS) is 20.3. The van der Waals surface area contributed by atoms with Crippen LogP contribution in [-0.4, -0.2) is 24.3 Å². The molecule has 2 aromatic heterocycles. The van der Waals surface area contributed by atoms with Gasteiger partial charge in [-0.25, -0.2) is 9.67 Å². The summed E-state index contributed by atoms with van der Waals surface area (Å²) in [5, 5.41) is 4.55. The maximum absolute atomic E-state index is 13.4. The van der Waals surface area contributed by atoms with E-state index < -0.39 is 5.92 Å². The summed E-state index contributed by atoms with van der Waals surface area (Å²) in [4.78, 5) is 8.31. The molecule has 0 radical (unpaired) electrons. The predicted molar refractivity (Wildman–Crippen MR) is 84.3 cm³/mol. The Bertz CT molecular complexity index is 863. The van der Waals surface area contributed by atoms with E-state index in [-0.39, 0.29) is 17.7 Å². The first-order chi connectivity index (χ1) is 11.4. The second-order valence-electron chi connectivity index (χ2n) is 6.33. The number of alkyl halides is 2. The summed E-state index contributed by atoms with van der Waals surface area (Å²) in [5.41, 5.74) is 0.885. The van der Waals surface area contributed by atoms with Crippen molar-refractivity contribution in [3.8, 4) is 5.95 Å². The van der Waals surface area contributed by atoms with Gasteiger partial charge in [0.25, 0.3) is 11.9 Å². The minimum absolute atomic E-state index is 0.119. The zero-order valence-electron chi connectivity index (χ0n) is 13.4. The SMILES string of the molecule is C[C@H]1C[C@@H](c2ccccc2)n2nc(-n3cnc(C(C)(F)F)c3)nc21. The molecule has 5 nitrogen and oxygen atoms in total. The molecule has 1 aliphatic rings. The van der Waals surface area contributed by atoms with Crippen LogP contribution < -0.4 is 0 Å². The average Bonchev–Trinajstić information content (AvgIpc) is 3.23. The lowest BCUT2D eigenvalue weighted by atomic mass is 10.0. The van der Waals surface area contributed by atoms with Gasteiger partial charge in [0.2, 0.25) is 0 Å². The third-order valence-electron chi connectivity index (χ3n) is 4.41. The molecule has 0 amide bonds. The van der Waals surface area contributed by atoms with Gasteiger partial charge >= 0.3 is 0 Å². The van der Waals surface area contributed by atoms with Crippen molar-refractivity contribution in [1.82, 2.24) is 24.3 Å². The Labute approximate surface area is 138 Å². The molecule has 0 saturated carbocycles. The molecule has 0 spiro atoms. The van der Waals surface area contributed by atoms with E-state index in [0.29, 0.717) is 5.95 Å². The van der Waals surface area contributed by atoms with Crippen LogP contribution in [0, 0.1) is 0 Å². The highest BCUT2D eigenvalue weighted by molar-refractivity contribution is 5.26. The van der Waals surface area contributed by atoms with Crippen molar-refractivity contribution in [2.45, 2.75) is 38.2 Å². The molecule has 3 aromatic rings. The molecule has 7 heteroatoms. The van der Waals surface area contributed by atoms with Crippen LogP contribution in [0.25, 0.3) is 5.95 Å². The third kappa shape index (κ3) is 2.40. The second kappa shape index (κ2) is 5.22. The van der Waals surface area contributed by atoms with Crippen molar-refractivity contribution in [2.75, 3.05) is 0 Å². The lowest BCUT2D eigenvalue weighted by molar-refractivity contribution is 0.0131. The first-order valence-corrected chi connectivity index (χ1v) is 7.87. The van der Waals surface area contributed by atoms with Crippen molar-refractivity contribution < 1.29 is 8.78 Å². The molecule has 0 bridgehead atoms. The Balaban J connectivity index is 1.72. The fraction of sp³-hybridized carbons (Fsp3) is 0.353. The highest BCUT2D eigenvalue weighted by atomic mass is 19.3. The maximum atomic E-state index is 13.4. The van der Waals surface area contributed by atoms with Gasteiger partial charge in [-0.3, -0.25) is 4.57 Å². The number of hydrogen-bond acceptors (Lipinski definition) is 3. The minimum atomic E-state index is -2.98. The van der Waals surface area contributed by atoms with Crippen LogP contribution in [0.1, 0.15) is 49.3 Å². The van der Waals surface area contributed by atoms with E-state index in [4.69, 9.17) is 0 Å². The lowest BCUT2D eigenvalue weighted by Gasteiger charge is -2.11. The Morgan fingerprint density at radius 2 is 1.96 bits per heavy atom. The summed E-state index contributed by atoms with van der Waals surface area (Å²) in [5.74, 6) is -1.47. The van der Waals surface area contributed by atoms with Crippen LogP contribution >= 0.6 is 0 Å². The van der Waals surface area contributed by atoms with E-state index in [1.54, 1.807) is 0 Å². The molecule has 3 heterocycles. The molecule has 0 saturated heterocycles. The van der Waals surface area contributed by atoms with Gasteiger partial charge in [0.1, 0.15) is 17.8 Å². The zero-order valence-corrected chi connectivity index (χ0v) is 13.4. The molecular weight excluding hydrogens is 312 g/mol. The fourth-order valence-corrected chi connectivity index (χ4v) is 3.15. The van der Waals surface area contributed by atoms with Gasteiger partial charge in [-0.05, 0) is 12.0 Å². The maximum Gasteiger partial charge on any atom is 0.288 e. The Hall–Kier alpha value is -2.57. The monoisotopic (exact) mass is 329 g/mol. The Morgan fingerprint density at radius 3 is 2.62 bits per heavy atom. The molecule has 1 aromatic carbocycles. The summed E-state index contributed by atoms with van der Waals surface area (Å²) in [7, 11) is 0. The largest absolute Gasteiger partial charge is 0.288 e. The summed E-state index contributed by atoms with van der Waals surface area (Å²) in [6.45, 7) is 2.93. The van der Waals surface area contributed by atoms with Gasteiger partial charge in [-0.15, -0.1) is 5.10 Å². The zero-order chi connectivity index (χ0) is 16.9. The number of halogens is 2. The molecule has 4 rings (SSSR count). The van der Waals surface area contributed by atoms with Gasteiger partial charge in [0.05, 0.1) is 6.04 Å². The van der Waals surface area contributed by atoms with Crippen molar-refractivity contribution >= 4 is 0 Å². The second-order valence-corrected chi connectivity index (χ2v) is 6.33. The smallest absolute Gasteiger partial charge is 0.273 e. The van der Waals surface area contributed by atoms with E-state index in [1.165, 1.54) is 22.7 Å². The number of nitrogens with zero attached hydrogens (tertiary/aromatic N) is 5. The quantitative estimate of drug-likeness (QED) is 0.736. The summed E-state index contributed by atoms with van der Waals surface area (Å²) < 4.78 is 30.1. The highest BCUT2D eigenvalue weighted by Gasteiger charge is 2.33. The Kier molecular flexibility index (Phi) is 3.26. The van der Waals surface area contributed by atoms with Gasteiger partial charge < -0.3 is 0 Å². The number of benzene rings is 1. The summed E-state index contributed by atoms with van der Waals surface area (Å²) in [6, 6.07) is 10.2. The van der Waals surface area contributed by atoms with E-state index in [9.17, 15) is 8.78 Å². The van der Waals surface area contributed by atoms with Crippen molar-refractivity contribution in [3.63, 3.8) is 0 Å². The van der Waals surface area contributed by atoms with Gasteiger partial charge in [-0.1, -0.05) is 37.3 Å². The molecule has 0 unspecified atom stereocenters. The van der Waals surface area contributed by atoms with Crippen LogP contribution in [-0.2, 0) is 5.92 Å². The van der Waals surface area contributed by atoms with E-state index in [2.05, 4.69) is 34.1 Å². The number of hydrogen-bond donors (Lipinski definition) is 0. The number of fused-ring (bicyclic) bond motifs is 1. The molecule has 0 fully saturated rings. The van der Waals surface area contributed by atoms with E-state index in [0.717, 1.165) is 19.2 Å². The standard InChI is InChI=1S/C17H17F2N5/c1-11-8-13(12-6-4-3-5-7-12)24-15(11)21-16(22-24)23-9-14(20-10-23)17(2,18)19/h3-7,9-11,13H,8H2,1-2H3/t11-,13-/m0/s1. The molecule has 24 heavy (non-hydrogen) atoms. The number of aromatic nitrogens is 5. The van der Waals surface area contributed by atoms with Crippen molar-refractivity contribution in [1.29, 1.82) is 0 Å². The number of imidazole rings is 1. The molecule has 0 aliphatic carbocycles. The first-order valence-electron chi connectivity index (χ1n) is 7.87. The van der Waals surface area contributed by atoms with Crippen molar-refractivity contribution in [3.05, 3.63) is 59.9 Å². The molecule has 0 N–H and O–H groups in total. The Morgan fingerprint density at radius 1 is 1.21 bits per heavy atom. The fourth-order valence-electron chi connectivity index (χ4n) is 3.15. The minimum Gasteiger partial charge on any atom is -0.273 e. The highest BCUT2D eigenvalue weighted by Crippen LogP contribution is 2.38. The van der Waals surface area contributed by atoms with Crippen LogP contribution in [0.15, 0.2) is 42.9 Å². The lowest BCUT2D eigenvalue weighted by Crippen LogP contribution is -2.08. The van der Waals surface area contributed by atoms with E-state index >= 15 is 0 Å². The molecular formula is C17H17F2N5. The average molecular weight is 329 g/mol. The van der Waals surface area contributed by atoms with Gasteiger partial charge in [0, 0.05) is 19.0 Å². The topological polar surface area (TPSA) is 48.5 Å². The van der Waals surface area contributed by atoms with Crippen LogP contribution in [0.4, 0.5) is 8.78 Å². The number of rotatable bonds is 3. The van der Waals surface area contributed by atoms with Crippen molar-refractivity contribution in [2.24, 2.45) is 0 Å². The summed E-state index contributed by atoms with van der Waals surface area (Å²) in [6.07, 6.45) is 3.55.